The predicted molar refractivity (Wildman–Crippen MR) is 91.1 cm³/mol. The van der Waals surface area contributed by atoms with Gasteiger partial charge in [-0.1, -0.05) is 29.8 Å². The van der Waals surface area contributed by atoms with E-state index in [4.69, 9.17) is 16.0 Å². The minimum atomic E-state index is -0.0787. The van der Waals surface area contributed by atoms with Crippen LogP contribution in [0.5, 0.6) is 0 Å². The molecule has 3 rings (SSSR count). The van der Waals surface area contributed by atoms with Crippen molar-refractivity contribution in [1.29, 1.82) is 0 Å². The first-order valence-corrected chi connectivity index (χ1v) is 7.97. The van der Waals surface area contributed by atoms with Crippen molar-refractivity contribution < 1.29 is 9.21 Å². The van der Waals surface area contributed by atoms with Gasteiger partial charge in [0.25, 0.3) is 0 Å². The van der Waals surface area contributed by atoms with Crippen molar-refractivity contribution in [2.24, 2.45) is 0 Å². The summed E-state index contributed by atoms with van der Waals surface area (Å²) in [6.07, 6.45) is 3.22. The van der Waals surface area contributed by atoms with Crippen LogP contribution in [0.25, 0.3) is 17.0 Å². The van der Waals surface area contributed by atoms with E-state index < -0.39 is 0 Å². The molecule has 0 aliphatic carbocycles. The maximum atomic E-state index is 12.1. The van der Waals surface area contributed by atoms with E-state index in [0.717, 1.165) is 20.2 Å². The van der Waals surface area contributed by atoms with Gasteiger partial charge in [0.1, 0.15) is 11.3 Å². The number of hydrogen-bond donors (Lipinski definition) is 0. The van der Waals surface area contributed by atoms with Gasteiger partial charge in [0, 0.05) is 23.4 Å². The molecule has 0 spiro atoms. The Morgan fingerprint density at radius 2 is 2.14 bits per heavy atom. The summed E-state index contributed by atoms with van der Waals surface area (Å²) in [7, 11) is 1.76. The third kappa shape index (κ3) is 3.40. The molecule has 22 heavy (non-hydrogen) atoms. The van der Waals surface area contributed by atoms with Gasteiger partial charge in [-0.15, -0.1) is 11.3 Å². The topological polar surface area (TPSA) is 33.5 Å². The van der Waals surface area contributed by atoms with Crippen molar-refractivity contribution in [1.82, 2.24) is 4.90 Å². The fourth-order valence-corrected chi connectivity index (χ4v) is 3.25. The number of halogens is 1. The molecule has 0 N–H and O–H groups in total. The molecule has 0 radical (unpaired) electrons. The fraction of sp³-hybridized carbons (Fsp3) is 0.118. The molecule has 1 amide bonds. The second kappa shape index (κ2) is 6.38. The number of carbonyl (C=O) groups excluding carboxylic acids is 1. The molecule has 0 bridgehead atoms. The molecule has 0 aliphatic rings. The number of rotatable bonds is 4. The second-order valence-electron chi connectivity index (χ2n) is 4.92. The van der Waals surface area contributed by atoms with Crippen molar-refractivity contribution in [2.75, 3.05) is 7.05 Å². The van der Waals surface area contributed by atoms with Gasteiger partial charge in [-0.2, -0.15) is 0 Å². The van der Waals surface area contributed by atoms with E-state index in [1.165, 1.54) is 17.4 Å². The summed E-state index contributed by atoms with van der Waals surface area (Å²) in [5, 5.41) is 1.02. The molecule has 0 aliphatic heterocycles. The van der Waals surface area contributed by atoms with Crippen LogP contribution in [-0.4, -0.2) is 17.9 Å². The van der Waals surface area contributed by atoms with Crippen LogP contribution in [0.15, 0.2) is 53.0 Å². The number of benzene rings is 1. The monoisotopic (exact) mass is 331 g/mol. The average Bonchev–Trinajstić information content (AvgIpc) is 3.10. The lowest BCUT2D eigenvalue weighted by Gasteiger charge is -2.13. The minimum absolute atomic E-state index is 0.0787. The lowest BCUT2D eigenvalue weighted by Crippen LogP contribution is -2.23. The fourth-order valence-electron chi connectivity index (χ4n) is 2.11. The van der Waals surface area contributed by atoms with Crippen LogP contribution in [0.1, 0.15) is 10.6 Å². The van der Waals surface area contributed by atoms with E-state index in [1.807, 2.05) is 42.5 Å². The highest BCUT2D eigenvalue weighted by atomic mass is 35.5. The van der Waals surface area contributed by atoms with Crippen LogP contribution in [0.4, 0.5) is 0 Å². The average molecular weight is 332 g/mol. The Kier molecular flexibility index (Phi) is 4.32. The number of amides is 1. The Balaban J connectivity index is 1.67. The number of thiophene rings is 1. The maximum absolute atomic E-state index is 12.1. The second-order valence-corrected chi connectivity index (χ2v) is 6.72. The van der Waals surface area contributed by atoms with Crippen LogP contribution in [0.2, 0.25) is 4.34 Å². The summed E-state index contributed by atoms with van der Waals surface area (Å²) in [5.41, 5.74) is 0.816. The lowest BCUT2D eigenvalue weighted by molar-refractivity contribution is -0.125. The van der Waals surface area contributed by atoms with Gasteiger partial charge in [0.15, 0.2) is 0 Å². The minimum Gasteiger partial charge on any atom is -0.457 e. The van der Waals surface area contributed by atoms with Crippen LogP contribution < -0.4 is 0 Å². The summed E-state index contributed by atoms with van der Waals surface area (Å²) in [5.74, 6) is 0.590. The van der Waals surface area contributed by atoms with E-state index in [0.29, 0.717) is 12.3 Å². The van der Waals surface area contributed by atoms with Gasteiger partial charge in [0.05, 0.1) is 10.9 Å². The van der Waals surface area contributed by atoms with Crippen LogP contribution in [0.3, 0.4) is 0 Å². The Morgan fingerprint density at radius 3 is 2.86 bits per heavy atom. The first kappa shape index (κ1) is 14.9. The SMILES string of the molecule is CN(Cc1ccc(Cl)s1)C(=O)/C=C/c1cc2ccccc2o1. The number of carbonyl (C=O) groups is 1. The molecule has 2 aromatic heterocycles. The molecule has 3 nitrogen and oxygen atoms in total. The summed E-state index contributed by atoms with van der Waals surface area (Å²) >= 11 is 7.37. The molecule has 0 fully saturated rings. The Labute approximate surface area is 137 Å². The van der Waals surface area contributed by atoms with Crippen molar-refractivity contribution in [3.05, 3.63) is 63.5 Å². The van der Waals surface area contributed by atoms with E-state index >= 15 is 0 Å². The van der Waals surface area contributed by atoms with Gasteiger partial charge >= 0.3 is 0 Å². The Hall–Kier alpha value is -2.04. The van der Waals surface area contributed by atoms with Gasteiger partial charge < -0.3 is 9.32 Å². The van der Waals surface area contributed by atoms with E-state index in [9.17, 15) is 4.79 Å². The van der Waals surface area contributed by atoms with Gasteiger partial charge in [-0.05, 0) is 30.3 Å². The summed E-state index contributed by atoms with van der Waals surface area (Å²) in [6, 6.07) is 13.4. The molecule has 0 unspecified atom stereocenters. The number of para-hydroxylation sites is 1. The molecule has 0 saturated heterocycles. The summed E-state index contributed by atoms with van der Waals surface area (Å²) in [6.45, 7) is 0.542. The number of hydrogen-bond acceptors (Lipinski definition) is 3. The molecule has 0 atom stereocenters. The third-order valence-electron chi connectivity index (χ3n) is 3.23. The van der Waals surface area contributed by atoms with E-state index in [1.54, 1.807) is 18.0 Å². The smallest absolute Gasteiger partial charge is 0.246 e. The number of fused-ring (bicyclic) bond motifs is 1. The molecular formula is C17H14ClNO2S. The first-order chi connectivity index (χ1) is 10.6. The summed E-state index contributed by atoms with van der Waals surface area (Å²) < 4.78 is 6.38. The molecule has 1 aromatic carbocycles. The molecule has 112 valence electrons. The zero-order chi connectivity index (χ0) is 15.5. The highest BCUT2D eigenvalue weighted by molar-refractivity contribution is 7.16. The van der Waals surface area contributed by atoms with Crippen molar-refractivity contribution in [3.63, 3.8) is 0 Å². The normalized spacial score (nSPS) is 11.4. The molecular weight excluding hydrogens is 318 g/mol. The Morgan fingerprint density at radius 1 is 1.32 bits per heavy atom. The number of likely N-dealkylation sites (N-methyl/N-ethyl adjacent to an activating group) is 1. The molecule has 3 aromatic rings. The highest BCUT2D eigenvalue weighted by Crippen LogP contribution is 2.23. The quantitative estimate of drug-likeness (QED) is 0.642. The zero-order valence-electron chi connectivity index (χ0n) is 12.0. The Bertz CT molecular complexity index is 801. The van der Waals surface area contributed by atoms with Crippen molar-refractivity contribution in [2.45, 2.75) is 6.54 Å². The van der Waals surface area contributed by atoms with Crippen LogP contribution in [0, 0.1) is 0 Å². The van der Waals surface area contributed by atoms with Crippen LogP contribution >= 0.6 is 22.9 Å². The molecule has 5 heteroatoms. The number of nitrogens with zero attached hydrogens (tertiary/aromatic N) is 1. The van der Waals surface area contributed by atoms with E-state index in [2.05, 4.69) is 0 Å². The van der Waals surface area contributed by atoms with Crippen molar-refractivity contribution >= 4 is 45.9 Å². The zero-order valence-corrected chi connectivity index (χ0v) is 13.5. The van der Waals surface area contributed by atoms with Crippen molar-refractivity contribution in [3.8, 4) is 0 Å². The molecule has 0 saturated carbocycles. The standard InChI is InChI=1S/C17H14ClNO2S/c1-19(11-14-7-8-16(18)22-14)17(20)9-6-13-10-12-4-2-3-5-15(12)21-13/h2-10H,11H2,1H3/b9-6+. The first-order valence-electron chi connectivity index (χ1n) is 6.78. The van der Waals surface area contributed by atoms with Gasteiger partial charge in [0.2, 0.25) is 5.91 Å². The maximum Gasteiger partial charge on any atom is 0.246 e. The third-order valence-corrected chi connectivity index (χ3v) is 4.45. The van der Waals surface area contributed by atoms with E-state index in [-0.39, 0.29) is 5.91 Å². The number of furan rings is 1. The largest absolute Gasteiger partial charge is 0.457 e. The highest BCUT2D eigenvalue weighted by Gasteiger charge is 2.08. The van der Waals surface area contributed by atoms with Crippen LogP contribution in [-0.2, 0) is 11.3 Å². The summed E-state index contributed by atoms with van der Waals surface area (Å²) in [4.78, 5) is 14.8. The predicted octanol–water partition coefficient (Wildman–Crippen LogP) is 4.82. The van der Waals surface area contributed by atoms with Gasteiger partial charge in [-0.25, -0.2) is 0 Å². The molecule has 2 heterocycles. The lowest BCUT2D eigenvalue weighted by atomic mass is 10.2. The van der Waals surface area contributed by atoms with Gasteiger partial charge in [-0.3, -0.25) is 4.79 Å².